The molecule has 1 atom stereocenters. The molecule has 0 aliphatic carbocycles. The molecule has 6 heteroatoms. The van der Waals surface area contributed by atoms with Crippen LogP contribution >= 0.6 is 0 Å². The smallest absolute Gasteiger partial charge is 0.248 e. The van der Waals surface area contributed by atoms with Crippen molar-refractivity contribution in [2.45, 2.75) is 38.3 Å². The third-order valence-corrected chi connectivity index (χ3v) is 4.94. The summed E-state index contributed by atoms with van der Waals surface area (Å²) < 4.78 is 5.95. The molecule has 2 saturated heterocycles. The molecular weight excluding hydrogens is 268 g/mol. The Bertz CT molecular complexity index is 523. The molecule has 0 bridgehead atoms. The van der Waals surface area contributed by atoms with Gasteiger partial charge in [-0.15, -0.1) is 5.10 Å². The predicted molar refractivity (Wildman–Crippen MR) is 79.1 cm³/mol. The van der Waals surface area contributed by atoms with Gasteiger partial charge in [0.2, 0.25) is 5.91 Å². The molecule has 1 spiro atoms. The van der Waals surface area contributed by atoms with Gasteiger partial charge in [0.05, 0.1) is 17.3 Å². The second-order valence-electron chi connectivity index (χ2n) is 6.05. The van der Waals surface area contributed by atoms with Gasteiger partial charge in [0.25, 0.3) is 0 Å². The number of nitrogens with zero attached hydrogens (tertiary/aromatic N) is 4. The number of hydrogen-bond acceptors (Lipinski definition) is 5. The molecule has 0 N–H and O–H groups in total. The van der Waals surface area contributed by atoms with Crippen molar-refractivity contribution < 1.29 is 9.53 Å². The van der Waals surface area contributed by atoms with Crippen LogP contribution in [0.4, 0.5) is 5.82 Å². The van der Waals surface area contributed by atoms with E-state index in [2.05, 4.69) is 22.0 Å². The van der Waals surface area contributed by atoms with E-state index in [0.29, 0.717) is 0 Å². The Hall–Kier alpha value is -1.69. The standard InChI is InChI=1S/C15H22N4O2/c1-11-4-5-13(17-16-11)19-8-6-15(7-9-19)12(2)18(3)14(20)10-21-15/h4-5,12H,6-10H2,1-3H3/t12-/m0/s1. The van der Waals surface area contributed by atoms with Gasteiger partial charge in [-0.1, -0.05) is 0 Å². The average molecular weight is 290 g/mol. The minimum absolute atomic E-state index is 0.0694. The number of carbonyl (C=O) groups excluding carboxylic acids is 1. The van der Waals surface area contributed by atoms with Crippen molar-refractivity contribution in [1.29, 1.82) is 0 Å². The molecule has 114 valence electrons. The Labute approximate surface area is 125 Å². The molecule has 0 aromatic carbocycles. The molecule has 2 aliphatic heterocycles. The van der Waals surface area contributed by atoms with Crippen LogP contribution in [0.25, 0.3) is 0 Å². The number of amides is 1. The van der Waals surface area contributed by atoms with Crippen molar-refractivity contribution >= 4 is 11.7 Å². The van der Waals surface area contributed by atoms with Gasteiger partial charge in [0.15, 0.2) is 5.82 Å². The van der Waals surface area contributed by atoms with E-state index in [-0.39, 0.29) is 24.2 Å². The highest BCUT2D eigenvalue weighted by Crippen LogP contribution is 2.35. The minimum Gasteiger partial charge on any atom is -0.363 e. The van der Waals surface area contributed by atoms with Crippen LogP contribution in [0.15, 0.2) is 12.1 Å². The van der Waals surface area contributed by atoms with E-state index in [1.54, 1.807) is 0 Å². The summed E-state index contributed by atoms with van der Waals surface area (Å²) in [6.45, 7) is 5.98. The molecule has 0 unspecified atom stereocenters. The molecule has 0 saturated carbocycles. The second-order valence-corrected chi connectivity index (χ2v) is 6.05. The van der Waals surface area contributed by atoms with E-state index in [1.165, 1.54) is 0 Å². The third-order valence-electron chi connectivity index (χ3n) is 4.94. The molecule has 6 nitrogen and oxygen atoms in total. The van der Waals surface area contributed by atoms with Crippen LogP contribution in [0.2, 0.25) is 0 Å². The van der Waals surface area contributed by atoms with Gasteiger partial charge in [-0.2, -0.15) is 5.10 Å². The zero-order valence-corrected chi connectivity index (χ0v) is 12.9. The zero-order valence-electron chi connectivity index (χ0n) is 12.9. The summed E-state index contributed by atoms with van der Waals surface area (Å²) in [5.41, 5.74) is 0.716. The first-order valence-corrected chi connectivity index (χ1v) is 7.47. The van der Waals surface area contributed by atoms with Crippen molar-refractivity contribution in [3.8, 4) is 0 Å². The number of morpholine rings is 1. The normalized spacial score (nSPS) is 25.5. The first kappa shape index (κ1) is 14.3. The van der Waals surface area contributed by atoms with Crippen LogP contribution in [0.3, 0.4) is 0 Å². The van der Waals surface area contributed by atoms with Crippen LogP contribution in [0.5, 0.6) is 0 Å². The molecule has 1 amide bonds. The summed E-state index contributed by atoms with van der Waals surface area (Å²) in [5, 5.41) is 8.37. The lowest BCUT2D eigenvalue weighted by Crippen LogP contribution is -2.63. The maximum atomic E-state index is 11.7. The van der Waals surface area contributed by atoms with Gasteiger partial charge < -0.3 is 14.5 Å². The molecule has 1 aromatic rings. The number of hydrogen-bond donors (Lipinski definition) is 0. The molecule has 2 fully saturated rings. The lowest BCUT2D eigenvalue weighted by Gasteiger charge is -2.50. The third kappa shape index (κ3) is 2.48. The Balaban J connectivity index is 1.70. The summed E-state index contributed by atoms with van der Waals surface area (Å²) in [4.78, 5) is 15.8. The average Bonchev–Trinajstić information content (AvgIpc) is 2.51. The fraction of sp³-hybridized carbons (Fsp3) is 0.667. The molecule has 2 aliphatic rings. The largest absolute Gasteiger partial charge is 0.363 e. The first-order valence-electron chi connectivity index (χ1n) is 7.47. The van der Waals surface area contributed by atoms with Crippen LogP contribution < -0.4 is 4.90 Å². The van der Waals surface area contributed by atoms with Gasteiger partial charge >= 0.3 is 0 Å². The van der Waals surface area contributed by atoms with Crippen molar-refractivity contribution in [3.63, 3.8) is 0 Å². The molecule has 3 heterocycles. The van der Waals surface area contributed by atoms with Crippen LogP contribution in [-0.2, 0) is 9.53 Å². The number of carbonyl (C=O) groups is 1. The summed E-state index contributed by atoms with van der Waals surface area (Å²) >= 11 is 0. The van der Waals surface area contributed by atoms with Crippen molar-refractivity contribution in [3.05, 3.63) is 17.8 Å². The fourth-order valence-electron chi connectivity index (χ4n) is 3.23. The molecule has 21 heavy (non-hydrogen) atoms. The van der Waals surface area contributed by atoms with Crippen molar-refractivity contribution in [2.75, 3.05) is 31.6 Å². The minimum atomic E-state index is -0.211. The second kappa shape index (κ2) is 5.26. The summed E-state index contributed by atoms with van der Waals surface area (Å²) in [6.07, 6.45) is 1.81. The molecular formula is C15H22N4O2. The molecule has 1 aromatic heterocycles. The van der Waals surface area contributed by atoms with E-state index in [0.717, 1.165) is 37.4 Å². The number of piperidine rings is 1. The maximum Gasteiger partial charge on any atom is 0.248 e. The van der Waals surface area contributed by atoms with Crippen LogP contribution in [0.1, 0.15) is 25.5 Å². The predicted octanol–water partition coefficient (Wildman–Crippen LogP) is 1.00. The van der Waals surface area contributed by atoms with E-state index in [4.69, 9.17) is 4.74 Å². The highest BCUT2D eigenvalue weighted by atomic mass is 16.5. The topological polar surface area (TPSA) is 58.6 Å². The van der Waals surface area contributed by atoms with E-state index >= 15 is 0 Å². The summed E-state index contributed by atoms with van der Waals surface area (Å²) in [5.74, 6) is 0.989. The van der Waals surface area contributed by atoms with Crippen LogP contribution in [-0.4, -0.2) is 59.4 Å². The number of rotatable bonds is 1. The highest BCUT2D eigenvalue weighted by molar-refractivity contribution is 5.78. The number of ether oxygens (including phenoxy) is 1. The molecule has 0 radical (unpaired) electrons. The Kier molecular flexibility index (Phi) is 3.57. The lowest BCUT2D eigenvalue weighted by atomic mass is 9.83. The van der Waals surface area contributed by atoms with Gasteiger partial charge in [0.1, 0.15) is 6.61 Å². The van der Waals surface area contributed by atoms with Gasteiger partial charge in [0, 0.05) is 20.1 Å². The first-order chi connectivity index (χ1) is 10.0. The van der Waals surface area contributed by atoms with Gasteiger partial charge in [-0.05, 0) is 38.8 Å². The molecule has 3 rings (SSSR count). The quantitative estimate of drug-likeness (QED) is 0.772. The number of aromatic nitrogens is 2. The van der Waals surface area contributed by atoms with Gasteiger partial charge in [-0.25, -0.2) is 0 Å². The SMILES string of the molecule is Cc1ccc(N2CCC3(CC2)OCC(=O)N(C)[C@H]3C)nn1. The Morgan fingerprint density at radius 1 is 1.29 bits per heavy atom. The van der Waals surface area contributed by atoms with E-state index < -0.39 is 0 Å². The maximum absolute atomic E-state index is 11.7. The van der Waals surface area contributed by atoms with Gasteiger partial charge in [-0.3, -0.25) is 4.79 Å². The highest BCUT2D eigenvalue weighted by Gasteiger charge is 2.46. The Morgan fingerprint density at radius 3 is 2.62 bits per heavy atom. The number of likely N-dealkylation sites (N-methyl/N-ethyl adjacent to an activating group) is 1. The number of aryl methyl sites for hydroxylation is 1. The Morgan fingerprint density at radius 2 is 2.00 bits per heavy atom. The summed E-state index contributed by atoms with van der Waals surface area (Å²) in [7, 11) is 1.87. The zero-order chi connectivity index (χ0) is 15.0. The van der Waals surface area contributed by atoms with E-state index in [9.17, 15) is 4.79 Å². The van der Waals surface area contributed by atoms with E-state index in [1.807, 2.05) is 31.0 Å². The lowest BCUT2D eigenvalue weighted by molar-refractivity contribution is -0.177. The van der Waals surface area contributed by atoms with Crippen molar-refractivity contribution in [2.24, 2.45) is 0 Å². The fourth-order valence-corrected chi connectivity index (χ4v) is 3.23. The van der Waals surface area contributed by atoms with Crippen LogP contribution in [0, 0.1) is 6.92 Å². The monoisotopic (exact) mass is 290 g/mol. The number of anilines is 1. The van der Waals surface area contributed by atoms with Crippen molar-refractivity contribution in [1.82, 2.24) is 15.1 Å². The summed E-state index contributed by atoms with van der Waals surface area (Å²) in [6, 6.07) is 4.12.